The Morgan fingerprint density at radius 2 is 1.78 bits per heavy atom. The third-order valence-electron chi connectivity index (χ3n) is 9.12. The van der Waals surface area contributed by atoms with Crippen molar-refractivity contribution >= 4 is 33.3 Å². The van der Waals surface area contributed by atoms with Gasteiger partial charge in [-0.3, -0.25) is 4.79 Å². The molecule has 1 aliphatic rings. The van der Waals surface area contributed by atoms with Crippen LogP contribution in [-0.4, -0.2) is 94.1 Å². The summed E-state index contributed by atoms with van der Waals surface area (Å²) in [7, 11) is -4.08. The Kier molecular flexibility index (Phi) is 13.0. The first kappa shape index (κ1) is 40.7. The van der Waals surface area contributed by atoms with Crippen molar-refractivity contribution in [2.45, 2.75) is 84.1 Å². The molecule has 5 rings (SSSR count). The minimum atomic E-state index is -4.08. The van der Waals surface area contributed by atoms with Crippen molar-refractivity contribution in [3.05, 3.63) is 93.5 Å². The lowest BCUT2D eigenvalue weighted by atomic mass is 9.84. The highest BCUT2D eigenvalue weighted by Crippen LogP contribution is 2.30. The maximum atomic E-state index is 14.4. The molecule has 4 aromatic rings. The van der Waals surface area contributed by atoms with E-state index in [0.29, 0.717) is 40.8 Å². The molecule has 1 saturated heterocycles. The zero-order valence-electron chi connectivity index (χ0n) is 31.5. The van der Waals surface area contributed by atoms with E-state index >= 15 is 0 Å². The minimum absolute atomic E-state index is 0.0145. The topological polar surface area (TPSA) is 179 Å². The number of aromatic nitrogens is 2. The number of thiazole rings is 1. The van der Waals surface area contributed by atoms with E-state index in [4.69, 9.17) is 4.52 Å². The van der Waals surface area contributed by atoms with E-state index in [-0.39, 0.29) is 49.4 Å². The molecule has 290 valence electrons. The molecule has 3 heterocycles. The van der Waals surface area contributed by atoms with Crippen molar-refractivity contribution in [2.75, 3.05) is 26.2 Å². The van der Waals surface area contributed by atoms with Crippen molar-refractivity contribution < 1.29 is 27.6 Å². The van der Waals surface area contributed by atoms with Gasteiger partial charge in [-0.15, -0.1) is 11.3 Å². The molecular weight excluding hydrogens is 731 g/mol. The van der Waals surface area contributed by atoms with E-state index < -0.39 is 39.5 Å². The van der Waals surface area contributed by atoms with Gasteiger partial charge in [0.1, 0.15) is 29.0 Å². The van der Waals surface area contributed by atoms with Crippen LogP contribution in [0.1, 0.15) is 57.2 Å². The van der Waals surface area contributed by atoms with E-state index in [1.807, 2.05) is 70.3 Å². The van der Waals surface area contributed by atoms with E-state index in [1.165, 1.54) is 39.9 Å². The second kappa shape index (κ2) is 17.3. The highest BCUT2D eigenvalue weighted by molar-refractivity contribution is 7.89. The number of aliphatic hydroxyl groups excluding tert-OH is 1. The number of nitroso groups, excluding NO2 is 1. The van der Waals surface area contributed by atoms with Crippen LogP contribution in [0.5, 0.6) is 0 Å². The molecule has 3 atom stereocenters. The maximum Gasteiger partial charge on any atom is 0.321 e. The molecule has 0 radical (unpaired) electrons. The first-order chi connectivity index (χ1) is 25.6. The van der Waals surface area contributed by atoms with Crippen LogP contribution in [0.25, 0.3) is 10.7 Å². The van der Waals surface area contributed by atoms with Gasteiger partial charge < -0.3 is 24.7 Å². The molecule has 3 amide bonds. The molecule has 2 aromatic carbocycles. The SMILES string of the molecule is Cc1cc(-c2nc(CN3CCN([C@H](C(=O)N[C@@H](Cc4ccccc4)[C@H](O)CN(CC(C)C)S(=O)(=O)c4ccc(CN=O)cc4)C(C)(C)C)C3=O)cs2)no1. The predicted molar refractivity (Wildman–Crippen MR) is 206 cm³/mol. The highest BCUT2D eigenvalue weighted by atomic mass is 32.2. The molecular formula is C38H49N7O7S2. The summed E-state index contributed by atoms with van der Waals surface area (Å²) in [5.41, 5.74) is 2.03. The quantitative estimate of drug-likeness (QED) is 0.132. The van der Waals surface area contributed by atoms with E-state index in [0.717, 1.165) is 5.56 Å². The predicted octanol–water partition coefficient (Wildman–Crippen LogP) is 5.46. The van der Waals surface area contributed by atoms with Gasteiger partial charge in [0.25, 0.3) is 0 Å². The third kappa shape index (κ3) is 9.96. The largest absolute Gasteiger partial charge is 0.390 e. The molecule has 0 aliphatic carbocycles. The molecule has 16 heteroatoms. The van der Waals surface area contributed by atoms with Crippen LogP contribution in [0.15, 0.2) is 80.6 Å². The van der Waals surface area contributed by atoms with Crippen LogP contribution < -0.4 is 5.32 Å². The molecule has 0 spiro atoms. The molecule has 1 aliphatic heterocycles. The van der Waals surface area contributed by atoms with E-state index in [1.54, 1.807) is 22.8 Å². The standard InChI is InChI=1S/C38H49N7O7S2/c1-25(2)21-44(54(50,51)30-14-12-28(13-15-30)20-39-49)23-33(46)31(19-27-10-8-7-9-11-27)41-35(47)34(38(4,5)6)45-17-16-43(37(45)48)22-29-24-53-36(40-29)32-18-26(3)52-42-32/h7-15,18,24-25,31,33-34,46H,16-17,19-23H2,1-6H3,(H,41,47)/t31-,33+,34+/m0/s1. The Labute approximate surface area is 320 Å². The van der Waals surface area contributed by atoms with Gasteiger partial charge in [-0.2, -0.15) is 9.21 Å². The molecule has 2 N–H and O–H groups in total. The number of benzene rings is 2. The Morgan fingerprint density at radius 1 is 1.07 bits per heavy atom. The average Bonchev–Trinajstić information content (AvgIpc) is 3.85. The summed E-state index contributed by atoms with van der Waals surface area (Å²) in [4.78, 5) is 46.9. The number of sulfonamides is 1. The van der Waals surface area contributed by atoms with Crippen LogP contribution in [0.2, 0.25) is 0 Å². The van der Waals surface area contributed by atoms with Gasteiger partial charge in [-0.05, 0) is 47.9 Å². The fourth-order valence-electron chi connectivity index (χ4n) is 6.57. The van der Waals surface area contributed by atoms with Crippen molar-refractivity contribution in [3.63, 3.8) is 0 Å². The van der Waals surface area contributed by atoms with Gasteiger partial charge in [0.15, 0.2) is 0 Å². The van der Waals surface area contributed by atoms with Gasteiger partial charge in [0.2, 0.25) is 15.9 Å². The number of urea groups is 1. The number of amides is 3. The van der Waals surface area contributed by atoms with Crippen molar-refractivity contribution in [3.8, 4) is 10.7 Å². The van der Waals surface area contributed by atoms with Crippen molar-refractivity contribution in [2.24, 2.45) is 16.5 Å². The summed E-state index contributed by atoms with van der Waals surface area (Å²) in [5.74, 6) is 0.142. The molecule has 0 unspecified atom stereocenters. The lowest BCUT2D eigenvalue weighted by Gasteiger charge is -2.38. The third-order valence-corrected chi connectivity index (χ3v) is 11.9. The van der Waals surface area contributed by atoms with Crippen LogP contribution in [-0.2, 0) is 34.3 Å². The minimum Gasteiger partial charge on any atom is -0.390 e. The zero-order chi connectivity index (χ0) is 39.2. The average molecular weight is 780 g/mol. The highest BCUT2D eigenvalue weighted by Gasteiger charge is 2.44. The fourth-order valence-corrected chi connectivity index (χ4v) is 8.95. The Morgan fingerprint density at radius 3 is 2.39 bits per heavy atom. The number of hydrogen-bond donors (Lipinski definition) is 2. The van der Waals surface area contributed by atoms with Gasteiger partial charge in [0.05, 0.1) is 29.3 Å². The number of aliphatic hydroxyl groups is 1. The van der Waals surface area contributed by atoms with Crippen LogP contribution in [0.4, 0.5) is 4.79 Å². The first-order valence-electron chi connectivity index (χ1n) is 17.9. The van der Waals surface area contributed by atoms with Crippen molar-refractivity contribution in [1.82, 2.24) is 29.6 Å². The lowest BCUT2D eigenvalue weighted by Crippen LogP contribution is -2.59. The summed E-state index contributed by atoms with van der Waals surface area (Å²) in [5, 5.41) is 24.3. The number of nitrogens with one attached hydrogen (secondary N) is 1. The second-order valence-electron chi connectivity index (χ2n) is 15.2. The fraction of sp³-hybridized carbons (Fsp3) is 0.474. The Hall–Kier alpha value is -4.51. The summed E-state index contributed by atoms with van der Waals surface area (Å²) < 4.78 is 34.3. The lowest BCUT2D eigenvalue weighted by molar-refractivity contribution is -0.130. The maximum absolute atomic E-state index is 14.4. The summed E-state index contributed by atoms with van der Waals surface area (Å²) in [6.45, 7) is 11.9. The van der Waals surface area contributed by atoms with Crippen LogP contribution in [0.3, 0.4) is 0 Å². The Balaban J connectivity index is 1.36. The zero-order valence-corrected chi connectivity index (χ0v) is 33.1. The summed E-state index contributed by atoms with van der Waals surface area (Å²) in [6, 6.07) is 14.9. The number of aryl methyl sites for hydroxylation is 1. The first-order valence-corrected chi connectivity index (χ1v) is 20.2. The molecule has 0 bridgehead atoms. The van der Waals surface area contributed by atoms with Gasteiger partial charge >= 0.3 is 6.03 Å². The summed E-state index contributed by atoms with van der Waals surface area (Å²) in [6.07, 6.45) is -1.11. The molecule has 0 saturated carbocycles. The van der Waals surface area contributed by atoms with Gasteiger partial charge in [0, 0.05) is 37.6 Å². The van der Waals surface area contributed by atoms with Crippen LogP contribution in [0, 0.1) is 23.2 Å². The van der Waals surface area contributed by atoms with Gasteiger partial charge in [-0.1, -0.05) is 87.4 Å². The van der Waals surface area contributed by atoms with Crippen molar-refractivity contribution in [1.29, 1.82) is 0 Å². The monoisotopic (exact) mass is 779 g/mol. The number of rotatable bonds is 17. The Bertz CT molecular complexity index is 1990. The summed E-state index contributed by atoms with van der Waals surface area (Å²) >= 11 is 1.41. The smallest absolute Gasteiger partial charge is 0.321 e. The normalized spacial score (nSPS) is 15.5. The van der Waals surface area contributed by atoms with E-state index in [2.05, 4.69) is 20.6 Å². The second-order valence-corrected chi connectivity index (χ2v) is 17.9. The van der Waals surface area contributed by atoms with Gasteiger partial charge in [-0.25, -0.2) is 18.2 Å². The number of nitrogens with zero attached hydrogens (tertiary/aromatic N) is 6. The molecule has 2 aromatic heterocycles. The molecule has 14 nitrogen and oxygen atoms in total. The molecule has 54 heavy (non-hydrogen) atoms. The van der Waals surface area contributed by atoms with Crippen LogP contribution >= 0.6 is 11.3 Å². The number of hydrogen-bond acceptors (Lipinski definition) is 11. The number of carbonyl (C=O) groups is 2. The molecule has 1 fully saturated rings. The van der Waals surface area contributed by atoms with E-state index in [9.17, 15) is 28.0 Å². The number of carbonyl (C=O) groups excluding carboxylic acids is 2.